The van der Waals surface area contributed by atoms with Gasteiger partial charge in [0.05, 0.1) is 25.2 Å². The zero-order chi connectivity index (χ0) is 41.0. The largest absolute Gasteiger partial charge is 0.462 e. The van der Waals surface area contributed by atoms with E-state index in [1.807, 2.05) is 0 Å². The van der Waals surface area contributed by atoms with Gasteiger partial charge in [0.15, 0.2) is 0 Å². The summed E-state index contributed by atoms with van der Waals surface area (Å²) in [6, 6.07) is -0.720. The van der Waals surface area contributed by atoms with E-state index in [0.717, 1.165) is 89.9 Å². The topological polar surface area (TPSA) is 95.9 Å². The van der Waals surface area contributed by atoms with E-state index in [1.165, 1.54) is 83.5 Å². The van der Waals surface area contributed by atoms with Gasteiger partial charge in [-0.25, -0.2) is 0 Å². The molecule has 0 spiro atoms. The number of aliphatic hydroxyl groups is 2. The van der Waals surface area contributed by atoms with Gasteiger partial charge in [-0.05, 0) is 77.0 Å². The SMILES string of the molecule is CC/C=C/C/C=C/C/C=C/C/C=C/CCCC(CC(=O)NC(CO)C(O)CCCCCCCCCCCCCCC)OC(=O)CCCCCCC/C=C\CCC. The van der Waals surface area contributed by atoms with Crippen LogP contribution in [-0.4, -0.2) is 46.9 Å². The molecule has 0 aliphatic heterocycles. The van der Waals surface area contributed by atoms with Crippen LogP contribution in [0.4, 0.5) is 0 Å². The van der Waals surface area contributed by atoms with Crippen molar-refractivity contribution in [3.05, 3.63) is 60.8 Å². The number of allylic oxidation sites excluding steroid dienone is 10. The molecule has 0 rings (SSSR count). The van der Waals surface area contributed by atoms with Gasteiger partial charge in [0.2, 0.25) is 5.91 Å². The zero-order valence-electron chi connectivity index (χ0n) is 36.8. The lowest BCUT2D eigenvalue weighted by molar-refractivity contribution is -0.151. The molecule has 0 aromatic rings. The Morgan fingerprint density at radius 3 is 1.59 bits per heavy atom. The first-order chi connectivity index (χ1) is 27.5. The molecule has 0 heterocycles. The number of amides is 1. The van der Waals surface area contributed by atoms with Gasteiger partial charge in [-0.1, -0.05) is 191 Å². The zero-order valence-corrected chi connectivity index (χ0v) is 36.8. The highest BCUT2D eigenvalue weighted by atomic mass is 16.5. The summed E-state index contributed by atoms with van der Waals surface area (Å²) in [5.41, 5.74) is 0. The molecular weight excluding hydrogens is 695 g/mol. The van der Waals surface area contributed by atoms with Crippen molar-refractivity contribution >= 4 is 11.9 Å². The van der Waals surface area contributed by atoms with Gasteiger partial charge in [0.25, 0.3) is 0 Å². The van der Waals surface area contributed by atoms with Gasteiger partial charge in [0, 0.05) is 6.42 Å². The number of nitrogens with one attached hydrogen (secondary N) is 1. The third-order valence-corrected chi connectivity index (χ3v) is 10.3. The molecule has 0 fully saturated rings. The van der Waals surface area contributed by atoms with Crippen molar-refractivity contribution in [3.63, 3.8) is 0 Å². The lowest BCUT2D eigenvalue weighted by Crippen LogP contribution is -2.46. The highest BCUT2D eigenvalue weighted by molar-refractivity contribution is 5.77. The number of aliphatic hydroxyl groups excluding tert-OH is 2. The van der Waals surface area contributed by atoms with E-state index in [4.69, 9.17) is 4.74 Å². The van der Waals surface area contributed by atoms with Crippen LogP contribution in [0.25, 0.3) is 0 Å². The Morgan fingerprint density at radius 1 is 0.536 bits per heavy atom. The quantitative estimate of drug-likeness (QED) is 0.0326. The van der Waals surface area contributed by atoms with E-state index in [9.17, 15) is 19.8 Å². The van der Waals surface area contributed by atoms with Crippen molar-refractivity contribution in [1.82, 2.24) is 5.32 Å². The van der Waals surface area contributed by atoms with Gasteiger partial charge >= 0.3 is 5.97 Å². The van der Waals surface area contributed by atoms with Crippen molar-refractivity contribution in [2.45, 2.75) is 238 Å². The normalized spacial score (nSPS) is 13.9. The summed E-state index contributed by atoms with van der Waals surface area (Å²) in [6.45, 7) is 6.28. The molecule has 1 amide bonds. The maximum Gasteiger partial charge on any atom is 0.306 e. The molecule has 0 aliphatic rings. The van der Waals surface area contributed by atoms with Crippen LogP contribution in [0.1, 0.15) is 220 Å². The molecule has 3 unspecified atom stereocenters. The molecule has 6 heteroatoms. The highest BCUT2D eigenvalue weighted by Gasteiger charge is 2.24. The van der Waals surface area contributed by atoms with Crippen molar-refractivity contribution < 1.29 is 24.5 Å². The molecule has 3 N–H and O–H groups in total. The average Bonchev–Trinajstić information content (AvgIpc) is 3.19. The molecule has 0 bridgehead atoms. The van der Waals surface area contributed by atoms with Crippen LogP contribution in [-0.2, 0) is 14.3 Å². The molecule has 0 saturated carbocycles. The third-order valence-electron chi connectivity index (χ3n) is 10.3. The van der Waals surface area contributed by atoms with Crippen LogP contribution in [0, 0.1) is 0 Å². The molecule has 56 heavy (non-hydrogen) atoms. The first-order valence-electron chi connectivity index (χ1n) is 23.5. The van der Waals surface area contributed by atoms with E-state index in [0.29, 0.717) is 19.3 Å². The van der Waals surface area contributed by atoms with Gasteiger partial charge in [-0.3, -0.25) is 9.59 Å². The first kappa shape index (κ1) is 53.6. The van der Waals surface area contributed by atoms with Crippen LogP contribution in [0.2, 0.25) is 0 Å². The Morgan fingerprint density at radius 2 is 1.02 bits per heavy atom. The average molecular weight is 784 g/mol. The van der Waals surface area contributed by atoms with Crippen LogP contribution in [0.5, 0.6) is 0 Å². The van der Waals surface area contributed by atoms with Gasteiger partial charge in [0.1, 0.15) is 6.10 Å². The number of ether oxygens (including phenoxy) is 1. The Hall–Kier alpha value is -2.44. The number of rotatable bonds is 41. The molecule has 0 aromatic heterocycles. The van der Waals surface area contributed by atoms with Crippen molar-refractivity contribution in [1.29, 1.82) is 0 Å². The fourth-order valence-corrected chi connectivity index (χ4v) is 6.78. The van der Waals surface area contributed by atoms with Crippen molar-refractivity contribution in [2.75, 3.05) is 6.61 Å². The Bertz CT molecular complexity index is 1010. The number of hydrogen-bond donors (Lipinski definition) is 3. The van der Waals surface area contributed by atoms with E-state index >= 15 is 0 Å². The fourth-order valence-electron chi connectivity index (χ4n) is 6.78. The minimum absolute atomic E-state index is 0.0352. The van der Waals surface area contributed by atoms with Gasteiger partial charge in [-0.15, -0.1) is 0 Å². The number of hydrogen-bond acceptors (Lipinski definition) is 5. The Balaban J connectivity index is 4.68. The standard InChI is InChI=1S/C50H89NO5/c1-4-7-10-13-16-19-22-24-26-27-29-32-35-38-41-46(56-50(55)43-40-37-34-31-21-18-15-12-9-6-3)44-49(54)51-47(45-52)48(53)42-39-36-33-30-28-25-23-20-17-14-11-8-5-2/h7,10,12,15-16,19,24,26,29,32,46-48,52-53H,4-6,8-9,11,13-14,17-18,20-23,25,27-28,30-31,33-45H2,1-3H3,(H,51,54)/b10-7+,15-12-,19-16+,26-24+,32-29+. The Labute approximate surface area is 346 Å². The summed E-state index contributed by atoms with van der Waals surface area (Å²) in [5, 5.41) is 23.7. The summed E-state index contributed by atoms with van der Waals surface area (Å²) in [7, 11) is 0. The molecule has 0 radical (unpaired) electrons. The summed E-state index contributed by atoms with van der Waals surface area (Å²) < 4.78 is 5.87. The molecule has 0 aromatic carbocycles. The minimum atomic E-state index is -0.803. The minimum Gasteiger partial charge on any atom is -0.462 e. The first-order valence-corrected chi connectivity index (χ1v) is 23.5. The lowest BCUT2D eigenvalue weighted by Gasteiger charge is -2.24. The smallest absolute Gasteiger partial charge is 0.306 e. The maximum absolute atomic E-state index is 13.1. The van der Waals surface area contributed by atoms with Crippen LogP contribution < -0.4 is 5.32 Å². The van der Waals surface area contributed by atoms with Crippen LogP contribution >= 0.6 is 0 Å². The van der Waals surface area contributed by atoms with Crippen molar-refractivity contribution in [2.24, 2.45) is 0 Å². The summed E-state index contributed by atoms with van der Waals surface area (Å²) in [4.78, 5) is 26.0. The number of carbonyl (C=O) groups is 2. The van der Waals surface area contributed by atoms with Crippen molar-refractivity contribution in [3.8, 4) is 0 Å². The van der Waals surface area contributed by atoms with E-state index < -0.39 is 18.2 Å². The van der Waals surface area contributed by atoms with Crippen LogP contribution in [0.15, 0.2) is 60.8 Å². The van der Waals surface area contributed by atoms with Gasteiger partial charge in [-0.2, -0.15) is 0 Å². The third kappa shape index (κ3) is 38.4. The fraction of sp³-hybridized carbons (Fsp3) is 0.760. The molecule has 324 valence electrons. The van der Waals surface area contributed by atoms with Crippen LogP contribution in [0.3, 0.4) is 0 Å². The maximum atomic E-state index is 13.1. The molecule has 0 saturated heterocycles. The lowest BCUT2D eigenvalue weighted by atomic mass is 10.0. The highest BCUT2D eigenvalue weighted by Crippen LogP contribution is 2.16. The molecule has 6 nitrogen and oxygen atoms in total. The summed E-state index contributed by atoms with van der Waals surface area (Å²) >= 11 is 0. The molecule has 0 aliphatic carbocycles. The monoisotopic (exact) mass is 784 g/mol. The van der Waals surface area contributed by atoms with E-state index in [2.05, 4.69) is 86.8 Å². The second kappa shape index (κ2) is 43.7. The number of esters is 1. The molecular formula is C50H89NO5. The molecule has 3 atom stereocenters. The Kier molecular flexibility index (Phi) is 41.8. The predicted molar refractivity (Wildman–Crippen MR) is 241 cm³/mol. The summed E-state index contributed by atoms with van der Waals surface area (Å²) in [5.74, 6) is -0.544. The predicted octanol–water partition coefficient (Wildman–Crippen LogP) is 13.7. The number of unbranched alkanes of at least 4 members (excludes halogenated alkanes) is 19. The second-order valence-corrected chi connectivity index (χ2v) is 15.8. The van der Waals surface area contributed by atoms with Gasteiger partial charge < -0.3 is 20.3 Å². The number of carbonyl (C=O) groups excluding carboxylic acids is 2. The summed E-state index contributed by atoms with van der Waals surface area (Å²) in [6.07, 6.45) is 52.8. The van der Waals surface area contributed by atoms with E-state index in [-0.39, 0.29) is 24.9 Å². The van der Waals surface area contributed by atoms with E-state index in [1.54, 1.807) is 0 Å². The second-order valence-electron chi connectivity index (χ2n) is 15.8.